The number of alkyl halides is 2. The molecule has 1 fully saturated rings. The molecule has 2 aliphatic rings. The number of nitrogens with zero attached hydrogens (tertiary/aromatic N) is 3. The van der Waals surface area contributed by atoms with Gasteiger partial charge in [-0.05, 0) is 30.9 Å². The summed E-state index contributed by atoms with van der Waals surface area (Å²) in [6.45, 7) is 0. The van der Waals surface area contributed by atoms with Gasteiger partial charge >= 0.3 is 5.69 Å². The number of rotatable bonds is 4. The predicted molar refractivity (Wildman–Crippen MR) is 79.1 cm³/mol. The Morgan fingerprint density at radius 2 is 2.18 bits per heavy atom. The summed E-state index contributed by atoms with van der Waals surface area (Å²) in [5.41, 5.74) is 1.21. The fourth-order valence-corrected chi connectivity index (χ4v) is 2.81. The molecule has 3 rings (SSSR count). The lowest BCUT2D eigenvalue weighted by atomic mass is 9.93. The lowest BCUT2D eigenvalue weighted by Crippen LogP contribution is -2.22. The van der Waals surface area contributed by atoms with Gasteiger partial charge in [-0.2, -0.15) is 0 Å². The third-order valence-corrected chi connectivity index (χ3v) is 4.27. The van der Waals surface area contributed by atoms with Crippen LogP contribution in [0, 0.1) is 10.1 Å². The smallest absolute Gasteiger partial charge is 0.318 e. The quantitative estimate of drug-likeness (QED) is 0.627. The summed E-state index contributed by atoms with van der Waals surface area (Å²) in [7, 11) is 1.83. The highest BCUT2D eigenvalue weighted by atomic mass is 19.3. The van der Waals surface area contributed by atoms with Crippen molar-refractivity contribution in [1.82, 2.24) is 4.98 Å². The maximum atomic E-state index is 13.3. The zero-order valence-corrected chi connectivity index (χ0v) is 12.3. The molecule has 0 saturated heterocycles. The molecule has 22 heavy (non-hydrogen) atoms. The van der Waals surface area contributed by atoms with E-state index in [4.69, 9.17) is 0 Å². The highest BCUT2D eigenvalue weighted by Gasteiger charge is 2.36. The van der Waals surface area contributed by atoms with Crippen LogP contribution < -0.4 is 4.90 Å². The molecule has 0 aliphatic heterocycles. The Balaban J connectivity index is 2.02. The molecule has 1 heterocycles. The summed E-state index contributed by atoms with van der Waals surface area (Å²) < 4.78 is 26.5. The van der Waals surface area contributed by atoms with E-state index in [1.54, 1.807) is 6.07 Å². The molecule has 0 radical (unpaired) electrons. The number of nitro groups is 1. The average Bonchev–Trinajstić information content (AvgIpc) is 3.30. The van der Waals surface area contributed by atoms with Crippen molar-refractivity contribution in [3.8, 4) is 0 Å². The Bertz CT molecular complexity index is 642. The minimum absolute atomic E-state index is 0.0756. The number of pyridine rings is 1. The highest BCUT2D eigenvalue weighted by molar-refractivity contribution is 5.78. The van der Waals surface area contributed by atoms with Crippen molar-refractivity contribution in [1.29, 1.82) is 0 Å². The van der Waals surface area contributed by atoms with Gasteiger partial charge in [-0.1, -0.05) is 6.08 Å². The number of anilines is 1. The van der Waals surface area contributed by atoms with Crippen LogP contribution in [0.15, 0.2) is 18.3 Å². The Morgan fingerprint density at radius 1 is 1.45 bits per heavy atom. The standard InChI is InChI=1S/C15H17F2N3O2/c1-19(11-2-3-11)12-6-9-18-13(14(12)20(21)22)10-4-7-15(16,17)8-5-10/h4,6,9,11H,2-3,5,7-8H2,1H3. The first-order chi connectivity index (χ1) is 10.4. The second kappa shape index (κ2) is 5.30. The Morgan fingerprint density at radius 3 is 2.73 bits per heavy atom. The van der Waals surface area contributed by atoms with Gasteiger partial charge < -0.3 is 4.90 Å². The number of halogens is 2. The summed E-state index contributed by atoms with van der Waals surface area (Å²) in [6, 6.07) is 1.94. The number of hydrogen-bond acceptors (Lipinski definition) is 4. The lowest BCUT2D eigenvalue weighted by molar-refractivity contribution is -0.384. The van der Waals surface area contributed by atoms with Crippen LogP contribution in [0.25, 0.3) is 5.57 Å². The number of allylic oxidation sites excluding steroid dienone is 2. The first-order valence-corrected chi connectivity index (χ1v) is 7.32. The molecular weight excluding hydrogens is 292 g/mol. The van der Waals surface area contributed by atoms with E-state index in [1.807, 2.05) is 11.9 Å². The molecule has 0 amide bonds. The zero-order chi connectivity index (χ0) is 15.9. The van der Waals surface area contributed by atoms with Crippen LogP contribution >= 0.6 is 0 Å². The van der Waals surface area contributed by atoms with Crippen LogP contribution in [0.3, 0.4) is 0 Å². The summed E-state index contributed by atoms with van der Waals surface area (Å²) in [5.74, 6) is -2.72. The van der Waals surface area contributed by atoms with E-state index in [9.17, 15) is 18.9 Å². The van der Waals surface area contributed by atoms with E-state index in [1.165, 1.54) is 12.3 Å². The fourth-order valence-electron chi connectivity index (χ4n) is 2.81. The van der Waals surface area contributed by atoms with Crippen molar-refractivity contribution < 1.29 is 13.7 Å². The third-order valence-electron chi connectivity index (χ3n) is 4.27. The first kappa shape index (κ1) is 14.9. The molecule has 0 unspecified atom stereocenters. The lowest BCUT2D eigenvalue weighted by Gasteiger charge is -2.23. The van der Waals surface area contributed by atoms with Crippen molar-refractivity contribution in [2.45, 2.75) is 44.1 Å². The number of hydrogen-bond donors (Lipinski definition) is 0. The Kier molecular flexibility index (Phi) is 3.58. The molecule has 0 atom stereocenters. The van der Waals surface area contributed by atoms with Gasteiger partial charge in [-0.25, -0.2) is 13.8 Å². The highest BCUT2D eigenvalue weighted by Crippen LogP contribution is 2.42. The number of aromatic nitrogens is 1. The maximum Gasteiger partial charge on any atom is 0.318 e. The predicted octanol–water partition coefficient (Wildman–Crippen LogP) is 3.79. The molecule has 1 aromatic rings. The van der Waals surface area contributed by atoms with Crippen molar-refractivity contribution in [3.05, 3.63) is 34.1 Å². The van der Waals surface area contributed by atoms with Gasteiger partial charge in [0.05, 0.1) is 4.92 Å². The molecule has 0 aromatic carbocycles. The molecule has 1 saturated carbocycles. The van der Waals surface area contributed by atoms with E-state index in [0.717, 1.165) is 12.8 Å². The van der Waals surface area contributed by atoms with Gasteiger partial charge in [0.25, 0.3) is 5.92 Å². The molecule has 0 N–H and O–H groups in total. The van der Waals surface area contributed by atoms with Crippen molar-refractivity contribution in [2.24, 2.45) is 0 Å². The fraction of sp³-hybridized carbons (Fsp3) is 0.533. The van der Waals surface area contributed by atoms with Crippen LogP contribution in [-0.4, -0.2) is 28.9 Å². The molecule has 7 heteroatoms. The first-order valence-electron chi connectivity index (χ1n) is 7.32. The molecular formula is C15H17F2N3O2. The molecule has 2 aliphatic carbocycles. The van der Waals surface area contributed by atoms with E-state index in [0.29, 0.717) is 17.3 Å². The van der Waals surface area contributed by atoms with Crippen molar-refractivity contribution in [2.75, 3.05) is 11.9 Å². The second-order valence-electron chi connectivity index (χ2n) is 5.92. The van der Waals surface area contributed by atoms with Crippen LogP contribution in [-0.2, 0) is 0 Å². The summed E-state index contributed by atoms with van der Waals surface area (Å²) >= 11 is 0. The second-order valence-corrected chi connectivity index (χ2v) is 5.92. The van der Waals surface area contributed by atoms with Gasteiger partial charge in [0.15, 0.2) is 0 Å². The van der Waals surface area contributed by atoms with Crippen LogP contribution in [0.2, 0.25) is 0 Å². The summed E-state index contributed by atoms with van der Waals surface area (Å²) in [6.07, 6.45) is 4.37. The SMILES string of the molecule is CN(c1ccnc(C2=CCC(F)(F)CC2)c1[N+](=O)[O-])C1CC1. The van der Waals surface area contributed by atoms with Crippen LogP contribution in [0.1, 0.15) is 37.8 Å². The van der Waals surface area contributed by atoms with Crippen LogP contribution in [0.5, 0.6) is 0 Å². The monoisotopic (exact) mass is 309 g/mol. The van der Waals surface area contributed by atoms with E-state index >= 15 is 0 Å². The van der Waals surface area contributed by atoms with Gasteiger partial charge in [-0.15, -0.1) is 0 Å². The van der Waals surface area contributed by atoms with Gasteiger partial charge in [0, 0.05) is 32.1 Å². The summed E-state index contributed by atoms with van der Waals surface area (Å²) in [5, 5.41) is 11.5. The Labute approximate surface area is 126 Å². The van der Waals surface area contributed by atoms with Gasteiger partial charge in [0.2, 0.25) is 0 Å². The maximum absolute atomic E-state index is 13.3. The average molecular weight is 309 g/mol. The molecule has 0 bridgehead atoms. The molecule has 0 spiro atoms. The van der Waals surface area contributed by atoms with Crippen molar-refractivity contribution in [3.63, 3.8) is 0 Å². The van der Waals surface area contributed by atoms with Gasteiger partial charge in [-0.3, -0.25) is 10.1 Å². The molecule has 1 aromatic heterocycles. The van der Waals surface area contributed by atoms with E-state index in [2.05, 4.69) is 4.98 Å². The van der Waals surface area contributed by atoms with E-state index < -0.39 is 10.8 Å². The molecule has 5 nitrogen and oxygen atoms in total. The minimum Gasteiger partial charge on any atom is -0.366 e. The Hall–Kier alpha value is -2.05. The molecule has 118 valence electrons. The van der Waals surface area contributed by atoms with Gasteiger partial charge in [0.1, 0.15) is 11.4 Å². The third kappa shape index (κ3) is 2.80. The van der Waals surface area contributed by atoms with Crippen LogP contribution in [0.4, 0.5) is 20.2 Å². The summed E-state index contributed by atoms with van der Waals surface area (Å²) in [4.78, 5) is 17.1. The van der Waals surface area contributed by atoms with Crippen molar-refractivity contribution >= 4 is 16.9 Å². The van der Waals surface area contributed by atoms with E-state index in [-0.39, 0.29) is 30.6 Å². The zero-order valence-electron chi connectivity index (χ0n) is 12.3. The topological polar surface area (TPSA) is 59.3 Å². The minimum atomic E-state index is -2.72. The largest absolute Gasteiger partial charge is 0.366 e. The normalized spacial score (nSPS) is 20.4.